The number of sulfonamides is 1. The van der Waals surface area contributed by atoms with E-state index < -0.39 is 29.1 Å². The van der Waals surface area contributed by atoms with E-state index in [1.165, 1.54) is 24.3 Å². The lowest BCUT2D eigenvalue weighted by molar-refractivity contribution is -0.152. The minimum absolute atomic E-state index is 0.000574. The summed E-state index contributed by atoms with van der Waals surface area (Å²) < 4.78 is 36.7. The van der Waals surface area contributed by atoms with Crippen LogP contribution in [0, 0.1) is 0 Å². The van der Waals surface area contributed by atoms with Gasteiger partial charge in [0.15, 0.2) is 6.61 Å². The molecular weight excluding hydrogens is 372 g/mol. The van der Waals surface area contributed by atoms with Crippen LogP contribution in [0.15, 0.2) is 29.2 Å². The van der Waals surface area contributed by atoms with Gasteiger partial charge in [0.25, 0.3) is 5.91 Å². The Bertz CT molecular complexity index is 721. The average Bonchev–Trinajstić information content (AvgIpc) is 2.58. The SMILES string of the molecule is CCOc1ccc(S(=O)(=O)NCC(=O)OCC(=O)N(C(C)C)C(C)C)cc1. The molecule has 1 N–H and O–H groups in total. The molecule has 1 amide bonds. The molecule has 0 aromatic heterocycles. The van der Waals surface area contributed by atoms with Crippen LogP contribution in [0.5, 0.6) is 5.75 Å². The molecule has 0 saturated heterocycles. The van der Waals surface area contributed by atoms with Crippen LogP contribution >= 0.6 is 0 Å². The summed E-state index contributed by atoms with van der Waals surface area (Å²) in [6, 6.07) is 5.75. The number of ether oxygens (including phenoxy) is 2. The summed E-state index contributed by atoms with van der Waals surface area (Å²) in [5, 5.41) is 0. The first-order valence-electron chi connectivity index (χ1n) is 8.77. The van der Waals surface area contributed by atoms with Crippen molar-refractivity contribution in [2.45, 2.75) is 51.6 Å². The quantitative estimate of drug-likeness (QED) is 0.598. The Morgan fingerprint density at radius 2 is 1.63 bits per heavy atom. The standard InChI is InChI=1S/C18H28N2O6S/c1-6-25-15-7-9-16(10-8-15)27(23,24)19-11-18(22)26-12-17(21)20(13(2)3)14(4)5/h7-10,13-14,19H,6,11-12H2,1-5H3. The van der Waals surface area contributed by atoms with Gasteiger partial charge in [0, 0.05) is 12.1 Å². The van der Waals surface area contributed by atoms with Crippen molar-refractivity contribution in [1.29, 1.82) is 0 Å². The third-order valence-corrected chi connectivity index (χ3v) is 5.03. The highest BCUT2D eigenvalue weighted by Crippen LogP contribution is 2.15. The molecule has 0 spiro atoms. The maximum absolute atomic E-state index is 12.2. The van der Waals surface area contributed by atoms with Gasteiger partial charge in [0.05, 0.1) is 11.5 Å². The predicted octanol–water partition coefficient (Wildman–Crippen LogP) is 1.55. The van der Waals surface area contributed by atoms with Crippen LogP contribution in [0.1, 0.15) is 34.6 Å². The number of nitrogens with zero attached hydrogens (tertiary/aromatic N) is 1. The van der Waals surface area contributed by atoms with Gasteiger partial charge in [0.1, 0.15) is 12.3 Å². The van der Waals surface area contributed by atoms with Crippen LogP contribution in [0.25, 0.3) is 0 Å². The van der Waals surface area contributed by atoms with E-state index in [1.807, 2.05) is 34.6 Å². The van der Waals surface area contributed by atoms with Gasteiger partial charge in [-0.25, -0.2) is 8.42 Å². The van der Waals surface area contributed by atoms with Crippen molar-refractivity contribution in [3.8, 4) is 5.75 Å². The number of nitrogens with one attached hydrogen (secondary N) is 1. The van der Waals surface area contributed by atoms with E-state index in [0.717, 1.165) is 0 Å². The van der Waals surface area contributed by atoms with E-state index >= 15 is 0 Å². The number of amides is 1. The van der Waals surface area contributed by atoms with Crippen molar-refractivity contribution in [3.05, 3.63) is 24.3 Å². The molecule has 0 fully saturated rings. The number of hydrogen-bond donors (Lipinski definition) is 1. The molecule has 0 aliphatic carbocycles. The molecule has 0 saturated carbocycles. The van der Waals surface area contributed by atoms with Gasteiger partial charge < -0.3 is 14.4 Å². The van der Waals surface area contributed by atoms with Gasteiger partial charge in [-0.05, 0) is 58.9 Å². The largest absolute Gasteiger partial charge is 0.494 e. The molecule has 152 valence electrons. The number of carbonyl (C=O) groups is 2. The Kier molecular flexibility index (Phi) is 8.71. The molecule has 0 radical (unpaired) electrons. The fraction of sp³-hybridized carbons (Fsp3) is 0.556. The van der Waals surface area contributed by atoms with Gasteiger partial charge in [-0.1, -0.05) is 0 Å². The minimum atomic E-state index is -3.87. The zero-order chi connectivity index (χ0) is 20.6. The Labute approximate surface area is 160 Å². The monoisotopic (exact) mass is 400 g/mol. The van der Waals surface area contributed by atoms with E-state index in [9.17, 15) is 18.0 Å². The highest BCUT2D eigenvalue weighted by Gasteiger charge is 2.22. The molecule has 0 bridgehead atoms. The maximum Gasteiger partial charge on any atom is 0.321 e. The zero-order valence-electron chi connectivity index (χ0n) is 16.4. The van der Waals surface area contributed by atoms with Crippen molar-refractivity contribution in [3.63, 3.8) is 0 Å². The van der Waals surface area contributed by atoms with E-state index in [2.05, 4.69) is 4.72 Å². The third kappa shape index (κ3) is 7.18. The van der Waals surface area contributed by atoms with Crippen LogP contribution in [-0.4, -0.2) is 57.0 Å². The number of rotatable bonds is 10. The minimum Gasteiger partial charge on any atom is -0.494 e. The first-order chi connectivity index (χ1) is 12.6. The van der Waals surface area contributed by atoms with Crippen molar-refractivity contribution in [2.75, 3.05) is 19.8 Å². The molecular formula is C18H28N2O6S. The molecule has 0 heterocycles. The summed E-state index contributed by atoms with van der Waals surface area (Å²) >= 11 is 0. The fourth-order valence-electron chi connectivity index (χ4n) is 2.56. The zero-order valence-corrected chi connectivity index (χ0v) is 17.2. The van der Waals surface area contributed by atoms with Crippen LogP contribution in [0.3, 0.4) is 0 Å². The molecule has 0 atom stereocenters. The second-order valence-corrected chi connectivity index (χ2v) is 8.15. The number of esters is 1. The van der Waals surface area contributed by atoms with Gasteiger partial charge in [-0.2, -0.15) is 4.72 Å². The molecule has 0 aliphatic heterocycles. The summed E-state index contributed by atoms with van der Waals surface area (Å²) in [6.45, 7) is 8.76. The van der Waals surface area contributed by atoms with Crippen LogP contribution in [-0.2, 0) is 24.3 Å². The molecule has 9 heteroatoms. The normalized spacial score (nSPS) is 11.5. The van der Waals surface area contributed by atoms with Gasteiger partial charge in [-0.15, -0.1) is 0 Å². The first-order valence-corrected chi connectivity index (χ1v) is 10.3. The first kappa shape index (κ1) is 22.9. The summed E-state index contributed by atoms with van der Waals surface area (Å²) in [6.07, 6.45) is 0. The molecule has 0 aliphatic rings. The van der Waals surface area contributed by atoms with E-state index in [4.69, 9.17) is 9.47 Å². The lowest BCUT2D eigenvalue weighted by atomic mass is 10.2. The topological polar surface area (TPSA) is 102 Å². The maximum atomic E-state index is 12.2. The van der Waals surface area contributed by atoms with E-state index in [1.54, 1.807) is 4.90 Å². The highest BCUT2D eigenvalue weighted by atomic mass is 32.2. The molecule has 1 aromatic rings. The predicted molar refractivity (Wildman–Crippen MR) is 101 cm³/mol. The molecule has 1 rings (SSSR count). The van der Waals surface area contributed by atoms with Crippen LogP contribution < -0.4 is 9.46 Å². The van der Waals surface area contributed by atoms with Crippen molar-refractivity contribution >= 4 is 21.9 Å². The lowest BCUT2D eigenvalue weighted by Crippen LogP contribution is -2.44. The third-order valence-electron chi connectivity index (χ3n) is 3.61. The molecule has 0 unspecified atom stereocenters. The van der Waals surface area contributed by atoms with Gasteiger partial charge >= 0.3 is 5.97 Å². The summed E-state index contributed by atoms with van der Waals surface area (Å²) in [4.78, 5) is 25.5. The number of carbonyl (C=O) groups excluding carboxylic acids is 2. The Balaban J connectivity index is 2.56. The smallest absolute Gasteiger partial charge is 0.321 e. The highest BCUT2D eigenvalue weighted by molar-refractivity contribution is 7.89. The summed E-state index contributed by atoms with van der Waals surface area (Å²) in [5.74, 6) is -0.609. The number of benzene rings is 1. The molecule has 27 heavy (non-hydrogen) atoms. The van der Waals surface area contributed by atoms with Crippen molar-refractivity contribution in [1.82, 2.24) is 9.62 Å². The van der Waals surface area contributed by atoms with Crippen molar-refractivity contribution < 1.29 is 27.5 Å². The lowest BCUT2D eigenvalue weighted by Gasteiger charge is -2.30. The second-order valence-electron chi connectivity index (χ2n) is 6.38. The van der Waals surface area contributed by atoms with Crippen molar-refractivity contribution in [2.24, 2.45) is 0 Å². The number of hydrogen-bond acceptors (Lipinski definition) is 6. The van der Waals surface area contributed by atoms with Crippen LogP contribution in [0.4, 0.5) is 0 Å². The molecule has 8 nitrogen and oxygen atoms in total. The summed E-state index contributed by atoms with van der Waals surface area (Å²) in [7, 11) is -3.87. The fourth-order valence-corrected chi connectivity index (χ4v) is 3.53. The van der Waals surface area contributed by atoms with E-state index in [-0.39, 0.29) is 22.9 Å². The Morgan fingerprint density at radius 3 is 2.11 bits per heavy atom. The van der Waals surface area contributed by atoms with Gasteiger partial charge in [0.2, 0.25) is 10.0 Å². The Hall–Kier alpha value is -2.13. The van der Waals surface area contributed by atoms with E-state index in [0.29, 0.717) is 12.4 Å². The average molecular weight is 400 g/mol. The Morgan fingerprint density at radius 1 is 1.07 bits per heavy atom. The summed E-state index contributed by atoms with van der Waals surface area (Å²) in [5.41, 5.74) is 0. The second kappa shape index (κ2) is 10.3. The molecule has 1 aromatic carbocycles. The van der Waals surface area contributed by atoms with Crippen LogP contribution in [0.2, 0.25) is 0 Å². The van der Waals surface area contributed by atoms with Gasteiger partial charge in [-0.3, -0.25) is 9.59 Å².